The fraction of sp³-hybridized carbons (Fsp3) is 0.278. The van der Waals surface area contributed by atoms with Crippen LogP contribution >= 0.6 is 24.0 Å². The minimum Gasteiger partial charge on any atom is -0.375 e. The molecule has 2 atom stereocenters. The molecule has 130 valence electrons. The number of hydrogen-bond donors (Lipinski definition) is 2. The molecule has 0 radical (unpaired) electrons. The van der Waals surface area contributed by atoms with E-state index in [-0.39, 0.29) is 24.4 Å². The second-order valence-electron chi connectivity index (χ2n) is 5.56. The number of halogens is 2. The molecule has 0 heterocycles. The highest BCUT2D eigenvalue weighted by molar-refractivity contribution is 6.30. The summed E-state index contributed by atoms with van der Waals surface area (Å²) in [7, 11) is 1.59. The third-order valence-corrected chi connectivity index (χ3v) is 4.03. The highest BCUT2D eigenvalue weighted by Gasteiger charge is 2.30. The van der Waals surface area contributed by atoms with E-state index in [0.29, 0.717) is 11.6 Å². The summed E-state index contributed by atoms with van der Waals surface area (Å²) in [5, 5.41) is 3.49. The fourth-order valence-electron chi connectivity index (χ4n) is 2.33. The number of rotatable bonds is 6. The Kier molecular flexibility index (Phi) is 7.70. The molecule has 0 saturated carbocycles. The van der Waals surface area contributed by atoms with E-state index in [9.17, 15) is 4.79 Å². The maximum absolute atomic E-state index is 12.5. The van der Waals surface area contributed by atoms with E-state index in [1.807, 2.05) is 48.5 Å². The van der Waals surface area contributed by atoms with Gasteiger partial charge in [-0.1, -0.05) is 54.1 Å². The summed E-state index contributed by atoms with van der Waals surface area (Å²) < 4.78 is 5.45. The number of benzene rings is 2. The van der Waals surface area contributed by atoms with Crippen molar-refractivity contribution < 1.29 is 9.53 Å². The first-order valence-electron chi connectivity index (χ1n) is 7.36. The van der Waals surface area contributed by atoms with Crippen molar-refractivity contribution in [1.82, 2.24) is 5.32 Å². The minimum atomic E-state index is -1.10. The highest BCUT2D eigenvalue weighted by atomic mass is 35.5. The van der Waals surface area contributed by atoms with Gasteiger partial charge in [0, 0.05) is 18.7 Å². The summed E-state index contributed by atoms with van der Waals surface area (Å²) in [4.78, 5) is 12.5. The number of carbonyl (C=O) groups is 1. The van der Waals surface area contributed by atoms with Crippen molar-refractivity contribution in [1.29, 1.82) is 0 Å². The molecule has 0 bridgehead atoms. The van der Waals surface area contributed by atoms with Crippen LogP contribution < -0.4 is 11.1 Å². The topological polar surface area (TPSA) is 64.3 Å². The lowest BCUT2D eigenvalue weighted by atomic mass is 9.92. The number of nitrogens with one attached hydrogen (secondary N) is 1. The summed E-state index contributed by atoms with van der Waals surface area (Å²) in [6, 6.07) is 16.7. The number of carbonyl (C=O) groups excluding carboxylic acids is 1. The van der Waals surface area contributed by atoms with Gasteiger partial charge in [-0.15, -0.1) is 12.4 Å². The Hall–Kier alpha value is -1.59. The van der Waals surface area contributed by atoms with Crippen LogP contribution in [0.2, 0.25) is 5.02 Å². The van der Waals surface area contributed by atoms with Gasteiger partial charge in [-0.25, -0.2) is 0 Å². The van der Waals surface area contributed by atoms with Crippen LogP contribution in [0.15, 0.2) is 54.6 Å². The molecular formula is C18H22Cl2N2O2. The van der Waals surface area contributed by atoms with E-state index in [0.717, 1.165) is 11.1 Å². The van der Waals surface area contributed by atoms with Gasteiger partial charge in [0.2, 0.25) is 5.91 Å². The standard InChI is InChI=1S/C18H21ClN2O2.ClH/c1-18(20,14-8-4-3-5-9-14)17(22)21-12-16(23-2)13-7-6-10-15(19)11-13;/h3-11,16H,12,20H2,1-2H3,(H,21,22);1H. The smallest absolute Gasteiger partial charge is 0.244 e. The van der Waals surface area contributed by atoms with Crippen LogP contribution in [-0.2, 0) is 15.1 Å². The van der Waals surface area contributed by atoms with Crippen LogP contribution in [0, 0.1) is 0 Å². The molecule has 0 aliphatic rings. The first kappa shape index (κ1) is 20.5. The number of amides is 1. The average Bonchev–Trinajstić information content (AvgIpc) is 2.56. The van der Waals surface area contributed by atoms with Gasteiger partial charge in [-0.2, -0.15) is 0 Å². The Labute approximate surface area is 153 Å². The molecule has 0 spiro atoms. The lowest BCUT2D eigenvalue weighted by Gasteiger charge is -2.25. The predicted octanol–water partition coefficient (Wildman–Crippen LogP) is 3.44. The van der Waals surface area contributed by atoms with Crippen LogP contribution in [0.4, 0.5) is 0 Å². The van der Waals surface area contributed by atoms with Crippen LogP contribution in [0.25, 0.3) is 0 Å². The zero-order valence-electron chi connectivity index (χ0n) is 13.7. The maximum atomic E-state index is 12.5. The summed E-state index contributed by atoms with van der Waals surface area (Å²) in [6.45, 7) is 2.01. The molecule has 2 aromatic rings. The van der Waals surface area contributed by atoms with E-state index >= 15 is 0 Å². The van der Waals surface area contributed by atoms with Crippen LogP contribution in [-0.4, -0.2) is 19.6 Å². The molecular weight excluding hydrogens is 347 g/mol. The Morgan fingerprint density at radius 1 is 1.25 bits per heavy atom. The quantitative estimate of drug-likeness (QED) is 0.820. The van der Waals surface area contributed by atoms with Crippen LogP contribution in [0.5, 0.6) is 0 Å². The number of ether oxygens (including phenoxy) is 1. The van der Waals surface area contributed by atoms with Crippen molar-refractivity contribution in [2.75, 3.05) is 13.7 Å². The van der Waals surface area contributed by atoms with Gasteiger partial charge in [-0.05, 0) is 30.2 Å². The van der Waals surface area contributed by atoms with Gasteiger partial charge in [0.05, 0.1) is 6.10 Å². The fourth-order valence-corrected chi connectivity index (χ4v) is 2.53. The molecule has 0 aliphatic heterocycles. The second kappa shape index (κ2) is 9.04. The molecule has 2 rings (SSSR count). The first-order chi connectivity index (χ1) is 10.9. The molecule has 6 heteroatoms. The Balaban J connectivity index is 0.00000288. The number of nitrogens with two attached hydrogens (primary N) is 1. The Bertz CT molecular complexity index is 663. The van der Waals surface area contributed by atoms with Gasteiger partial charge < -0.3 is 15.8 Å². The maximum Gasteiger partial charge on any atom is 0.244 e. The molecule has 24 heavy (non-hydrogen) atoms. The molecule has 0 aromatic heterocycles. The normalized spacial score (nSPS) is 14.2. The van der Waals surface area contributed by atoms with E-state index in [1.165, 1.54) is 0 Å². The van der Waals surface area contributed by atoms with Crippen LogP contribution in [0.1, 0.15) is 24.2 Å². The van der Waals surface area contributed by atoms with Gasteiger partial charge in [0.25, 0.3) is 0 Å². The second-order valence-corrected chi connectivity index (χ2v) is 5.99. The van der Waals surface area contributed by atoms with Crippen molar-refractivity contribution in [3.8, 4) is 0 Å². The SMILES string of the molecule is COC(CNC(=O)C(C)(N)c1ccccc1)c1cccc(Cl)c1.Cl. The summed E-state index contributed by atoms with van der Waals surface area (Å²) in [6.07, 6.45) is -0.288. The van der Waals surface area contributed by atoms with Gasteiger partial charge in [-0.3, -0.25) is 4.79 Å². The molecule has 0 saturated heterocycles. The lowest BCUT2D eigenvalue weighted by Crippen LogP contribution is -2.49. The predicted molar refractivity (Wildman–Crippen MR) is 99.4 cm³/mol. The highest BCUT2D eigenvalue weighted by Crippen LogP contribution is 2.21. The van der Waals surface area contributed by atoms with E-state index in [2.05, 4.69) is 5.32 Å². The Morgan fingerprint density at radius 3 is 2.50 bits per heavy atom. The zero-order valence-corrected chi connectivity index (χ0v) is 15.2. The van der Waals surface area contributed by atoms with Gasteiger partial charge in [0.1, 0.15) is 5.54 Å². The summed E-state index contributed by atoms with van der Waals surface area (Å²) >= 11 is 6.00. The molecule has 4 nitrogen and oxygen atoms in total. The van der Waals surface area contributed by atoms with E-state index in [4.69, 9.17) is 22.1 Å². The molecule has 0 aliphatic carbocycles. The minimum absolute atomic E-state index is 0. The van der Waals surface area contributed by atoms with Crippen molar-refractivity contribution in [3.05, 3.63) is 70.7 Å². The monoisotopic (exact) mass is 368 g/mol. The van der Waals surface area contributed by atoms with Gasteiger partial charge in [0.15, 0.2) is 0 Å². The van der Waals surface area contributed by atoms with E-state index < -0.39 is 5.54 Å². The Morgan fingerprint density at radius 2 is 1.92 bits per heavy atom. The molecule has 1 amide bonds. The largest absolute Gasteiger partial charge is 0.375 e. The molecule has 0 fully saturated rings. The van der Waals surface area contributed by atoms with Crippen molar-refractivity contribution in [2.24, 2.45) is 5.73 Å². The zero-order chi connectivity index (χ0) is 16.9. The molecule has 2 aromatic carbocycles. The van der Waals surface area contributed by atoms with Crippen molar-refractivity contribution in [3.63, 3.8) is 0 Å². The van der Waals surface area contributed by atoms with Crippen LogP contribution in [0.3, 0.4) is 0 Å². The number of methoxy groups -OCH3 is 1. The molecule has 2 unspecified atom stereocenters. The summed E-state index contributed by atoms with van der Waals surface area (Å²) in [5.74, 6) is -0.257. The third-order valence-electron chi connectivity index (χ3n) is 3.80. The average molecular weight is 369 g/mol. The summed E-state index contributed by atoms with van der Waals surface area (Å²) in [5.41, 5.74) is 6.75. The lowest BCUT2D eigenvalue weighted by molar-refractivity contribution is -0.126. The van der Waals surface area contributed by atoms with Crippen molar-refractivity contribution in [2.45, 2.75) is 18.6 Å². The molecule has 3 N–H and O–H groups in total. The van der Waals surface area contributed by atoms with Crippen molar-refractivity contribution >= 4 is 29.9 Å². The van der Waals surface area contributed by atoms with Gasteiger partial charge >= 0.3 is 0 Å². The van der Waals surface area contributed by atoms with E-state index in [1.54, 1.807) is 20.1 Å². The first-order valence-corrected chi connectivity index (χ1v) is 7.74. The number of hydrogen-bond acceptors (Lipinski definition) is 3. The third kappa shape index (κ3) is 4.95.